The van der Waals surface area contributed by atoms with E-state index >= 15 is 0 Å². The Hall–Kier alpha value is -3.76. The summed E-state index contributed by atoms with van der Waals surface area (Å²) in [7, 11) is 3.23. The second-order valence-electron chi connectivity index (χ2n) is 8.72. The van der Waals surface area contributed by atoms with E-state index in [2.05, 4.69) is 25.4 Å². The number of nitrogens with one attached hydrogen (secondary N) is 1. The molecule has 2 N–H and O–H groups in total. The summed E-state index contributed by atoms with van der Waals surface area (Å²) in [6.45, 7) is 1.70. The molecule has 35 heavy (non-hydrogen) atoms. The molecule has 182 valence electrons. The van der Waals surface area contributed by atoms with Gasteiger partial charge in [0.2, 0.25) is 0 Å². The van der Waals surface area contributed by atoms with Crippen molar-refractivity contribution in [3.63, 3.8) is 0 Å². The quantitative estimate of drug-likeness (QED) is 0.417. The van der Waals surface area contributed by atoms with Crippen LogP contribution < -0.4 is 15.0 Å². The molecule has 0 aliphatic carbocycles. The Labute approximate surface area is 202 Å². The molecule has 0 saturated carbocycles. The fourth-order valence-corrected chi connectivity index (χ4v) is 4.59. The largest absolute Gasteiger partial charge is 0.497 e. The number of aromatic amines is 1. The first-order valence-electron chi connectivity index (χ1n) is 11.6. The number of hydrogen-bond acceptors (Lipinski definition) is 8. The molecular weight excluding hydrogens is 448 g/mol. The zero-order valence-corrected chi connectivity index (χ0v) is 19.7. The maximum absolute atomic E-state index is 13.4. The summed E-state index contributed by atoms with van der Waals surface area (Å²) in [5.41, 5.74) is 2.06. The van der Waals surface area contributed by atoms with Crippen molar-refractivity contribution in [2.45, 2.75) is 31.5 Å². The lowest BCUT2D eigenvalue weighted by Gasteiger charge is -2.35. The molecule has 2 aromatic carbocycles. The van der Waals surface area contributed by atoms with Crippen molar-refractivity contribution in [2.75, 3.05) is 27.3 Å². The number of aromatic nitrogens is 5. The zero-order valence-electron chi connectivity index (χ0n) is 19.7. The van der Waals surface area contributed by atoms with Gasteiger partial charge in [-0.1, -0.05) is 12.1 Å². The van der Waals surface area contributed by atoms with Crippen molar-refractivity contribution in [3.05, 3.63) is 75.8 Å². The Morgan fingerprint density at radius 2 is 1.77 bits per heavy atom. The third-order valence-corrected chi connectivity index (χ3v) is 6.54. The summed E-state index contributed by atoms with van der Waals surface area (Å²) in [5.74, 6) is 2.02. The fourth-order valence-electron chi connectivity index (χ4n) is 4.59. The lowest BCUT2D eigenvalue weighted by Crippen LogP contribution is -2.41. The monoisotopic (exact) mass is 476 g/mol. The molecule has 0 amide bonds. The van der Waals surface area contributed by atoms with E-state index in [4.69, 9.17) is 9.47 Å². The van der Waals surface area contributed by atoms with Crippen molar-refractivity contribution >= 4 is 10.9 Å². The molecule has 0 bridgehead atoms. The van der Waals surface area contributed by atoms with E-state index in [0.29, 0.717) is 55.1 Å². The van der Waals surface area contributed by atoms with Crippen LogP contribution in [0, 0.1) is 0 Å². The van der Waals surface area contributed by atoms with Crippen molar-refractivity contribution in [2.24, 2.45) is 0 Å². The number of likely N-dealkylation sites (tertiary alicyclic amines) is 1. The van der Waals surface area contributed by atoms with Gasteiger partial charge < -0.3 is 19.6 Å². The van der Waals surface area contributed by atoms with Crippen LogP contribution in [0.4, 0.5) is 0 Å². The summed E-state index contributed by atoms with van der Waals surface area (Å²) >= 11 is 0. The SMILES string of the molecule is COc1ccc(Cn2nnnc2[C@H](c2cc3ccc(OC)cc3[nH]c2=O)N2CCC(O)CC2)cc1. The van der Waals surface area contributed by atoms with Gasteiger partial charge in [0.05, 0.1) is 32.4 Å². The highest BCUT2D eigenvalue weighted by Gasteiger charge is 2.32. The summed E-state index contributed by atoms with van der Waals surface area (Å²) < 4.78 is 12.3. The Bertz CT molecular complexity index is 1360. The highest BCUT2D eigenvalue weighted by molar-refractivity contribution is 5.80. The van der Waals surface area contributed by atoms with E-state index in [1.54, 1.807) is 25.0 Å². The van der Waals surface area contributed by atoms with E-state index < -0.39 is 6.04 Å². The Morgan fingerprint density at radius 1 is 1.06 bits per heavy atom. The van der Waals surface area contributed by atoms with Crippen molar-refractivity contribution < 1.29 is 14.6 Å². The van der Waals surface area contributed by atoms with Crippen LogP contribution in [0.25, 0.3) is 10.9 Å². The van der Waals surface area contributed by atoms with Gasteiger partial charge in [0.15, 0.2) is 5.82 Å². The van der Waals surface area contributed by atoms with Crippen LogP contribution in [0.5, 0.6) is 11.5 Å². The summed E-state index contributed by atoms with van der Waals surface area (Å²) in [6.07, 6.45) is 0.905. The minimum absolute atomic E-state index is 0.208. The number of rotatable bonds is 7. The molecule has 1 aliphatic heterocycles. The molecule has 4 aromatic rings. The van der Waals surface area contributed by atoms with Gasteiger partial charge in [-0.25, -0.2) is 4.68 Å². The third kappa shape index (κ3) is 4.75. The maximum atomic E-state index is 13.4. The maximum Gasteiger partial charge on any atom is 0.253 e. The summed E-state index contributed by atoms with van der Waals surface area (Å²) in [5, 5.41) is 23.5. The number of H-pyrrole nitrogens is 1. The van der Waals surface area contributed by atoms with Crippen molar-refractivity contribution in [3.8, 4) is 11.5 Å². The minimum atomic E-state index is -0.467. The lowest BCUT2D eigenvalue weighted by molar-refractivity contribution is 0.0659. The van der Waals surface area contributed by atoms with Gasteiger partial charge >= 0.3 is 0 Å². The van der Waals surface area contributed by atoms with Gasteiger partial charge in [-0.2, -0.15) is 0 Å². The third-order valence-electron chi connectivity index (χ3n) is 6.54. The van der Waals surface area contributed by atoms with Crippen LogP contribution in [0.15, 0.2) is 53.3 Å². The summed E-state index contributed by atoms with van der Waals surface area (Å²) in [6, 6.07) is 14.7. The van der Waals surface area contributed by atoms with E-state index in [-0.39, 0.29) is 11.7 Å². The molecule has 3 heterocycles. The standard InChI is InChI=1S/C25H28N6O4/c1-34-19-6-3-16(4-7-19)15-31-24(27-28-29-31)23(30-11-9-18(32)10-12-30)21-13-17-5-8-20(35-2)14-22(17)26-25(21)33/h3-8,13-14,18,23,32H,9-12,15H2,1-2H3,(H,26,33)/t23-/m0/s1. The number of aliphatic hydroxyl groups is 1. The fraction of sp³-hybridized carbons (Fsp3) is 0.360. The molecule has 0 radical (unpaired) electrons. The molecule has 10 heteroatoms. The lowest BCUT2D eigenvalue weighted by atomic mass is 9.99. The predicted molar refractivity (Wildman–Crippen MR) is 130 cm³/mol. The summed E-state index contributed by atoms with van der Waals surface area (Å²) in [4.78, 5) is 18.5. The van der Waals surface area contributed by atoms with E-state index in [0.717, 1.165) is 16.7 Å². The second kappa shape index (κ2) is 9.85. The first-order valence-corrected chi connectivity index (χ1v) is 11.6. The van der Waals surface area contributed by atoms with Crippen LogP contribution >= 0.6 is 0 Å². The molecular formula is C25H28N6O4. The number of hydrogen-bond donors (Lipinski definition) is 2. The van der Waals surface area contributed by atoms with E-state index in [1.807, 2.05) is 42.5 Å². The molecule has 1 atom stereocenters. The zero-order chi connectivity index (χ0) is 24.4. The van der Waals surface area contributed by atoms with Crippen molar-refractivity contribution in [1.82, 2.24) is 30.1 Å². The Morgan fingerprint density at radius 3 is 2.49 bits per heavy atom. The van der Waals surface area contributed by atoms with E-state index in [9.17, 15) is 9.90 Å². The molecule has 0 unspecified atom stereocenters. The second-order valence-corrected chi connectivity index (χ2v) is 8.72. The van der Waals surface area contributed by atoms with Gasteiger partial charge in [-0.05, 0) is 64.5 Å². The van der Waals surface area contributed by atoms with Crippen LogP contribution in [0.3, 0.4) is 0 Å². The molecule has 10 nitrogen and oxygen atoms in total. The van der Waals surface area contributed by atoms with Crippen LogP contribution in [-0.2, 0) is 6.54 Å². The smallest absolute Gasteiger partial charge is 0.253 e. The number of fused-ring (bicyclic) bond motifs is 1. The number of aliphatic hydroxyl groups excluding tert-OH is 1. The number of ether oxygens (including phenoxy) is 2. The number of nitrogens with zero attached hydrogens (tertiary/aromatic N) is 5. The molecule has 1 aliphatic rings. The molecule has 2 aromatic heterocycles. The number of pyridine rings is 1. The predicted octanol–water partition coefficient (Wildman–Crippen LogP) is 2.13. The molecule has 5 rings (SSSR count). The minimum Gasteiger partial charge on any atom is -0.497 e. The van der Waals surface area contributed by atoms with Crippen LogP contribution in [0.1, 0.15) is 35.8 Å². The first-order chi connectivity index (χ1) is 17.1. The van der Waals surface area contributed by atoms with Gasteiger partial charge in [0, 0.05) is 24.7 Å². The average Bonchev–Trinajstić information content (AvgIpc) is 3.33. The number of piperidine rings is 1. The highest BCUT2D eigenvalue weighted by atomic mass is 16.5. The number of tetrazole rings is 1. The topological polar surface area (TPSA) is 118 Å². The molecule has 1 saturated heterocycles. The first kappa shape index (κ1) is 23.0. The van der Waals surface area contributed by atoms with Gasteiger partial charge in [0.1, 0.15) is 17.5 Å². The van der Waals surface area contributed by atoms with Crippen LogP contribution in [0.2, 0.25) is 0 Å². The number of methoxy groups -OCH3 is 2. The van der Waals surface area contributed by atoms with Crippen LogP contribution in [-0.4, -0.2) is 68.6 Å². The Balaban J connectivity index is 1.57. The van der Waals surface area contributed by atoms with Crippen molar-refractivity contribution in [1.29, 1.82) is 0 Å². The van der Waals surface area contributed by atoms with Gasteiger partial charge in [0.25, 0.3) is 5.56 Å². The Kier molecular flexibility index (Phi) is 6.47. The van der Waals surface area contributed by atoms with Gasteiger partial charge in [-0.3, -0.25) is 9.69 Å². The number of benzene rings is 2. The molecule has 1 fully saturated rings. The van der Waals surface area contributed by atoms with E-state index in [1.165, 1.54) is 0 Å². The average molecular weight is 477 g/mol. The highest BCUT2D eigenvalue weighted by Crippen LogP contribution is 2.30. The normalized spacial score (nSPS) is 15.9. The molecule has 0 spiro atoms. The van der Waals surface area contributed by atoms with Gasteiger partial charge in [-0.15, -0.1) is 5.10 Å².